The van der Waals surface area contributed by atoms with E-state index < -0.39 is 10.0 Å². The van der Waals surface area contributed by atoms with E-state index in [4.69, 9.17) is 14.7 Å². The molecule has 0 aliphatic carbocycles. The number of H-pyrrole nitrogens is 1. The van der Waals surface area contributed by atoms with Gasteiger partial charge in [0.1, 0.15) is 10.6 Å². The van der Waals surface area contributed by atoms with Crippen LogP contribution < -0.4 is 4.90 Å². The number of sulfonamides is 1. The van der Waals surface area contributed by atoms with Gasteiger partial charge < -0.3 is 14.6 Å². The van der Waals surface area contributed by atoms with E-state index in [9.17, 15) is 8.42 Å². The third-order valence-electron chi connectivity index (χ3n) is 7.22. The molecule has 1 N–H and O–H groups in total. The van der Waals surface area contributed by atoms with Gasteiger partial charge in [0.25, 0.3) is 0 Å². The van der Waals surface area contributed by atoms with Gasteiger partial charge in [0.05, 0.1) is 23.5 Å². The van der Waals surface area contributed by atoms with Gasteiger partial charge in [0, 0.05) is 61.3 Å². The van der Waals surface area contributed by atoms with Crippen molar-refractivity contribution in [3.8, 4) is 11.4 Å². The van der Waals surface area contributed by atoms with E-state index in [1.165, 1.54) is 28.4 Å². The van der Waals surface area contributed by atoms with Gasteiger partial charge >= 0.3 is 0 Å². The first-order valence-electron chi connectivity index (χ1n) is 12.8. The summed E-state index contributed by atoms with van der Waals surface area (Å²) in [6.45, 7) is 6.04. The molecule has 0 atom stereocenters. The number of hydrogen-bond acceptors (Lipinski definition) is 8. The van der Waals surface area contributed by atoms with E-state index in [1.54, 1.807) is 37.6 Å². The number of aromatic nitrogens is 3. The standard InChI is InChI=1S/C26H32N6O3S2/c1-30(2)37(33,34)19-15-21(20-6-7-27-23(20)16-19)24-28-25(32-10-12-35-13-11-32)22-14-18(36-26(22)29-24)17-31-8-4-3-5-9-31/h6-7,14-16,27H,3-5,8-13,17H2,1-2H3. The Bertz CT molecular complexity index is 1530. The molecule has 2 saturated heterocycles. The van der Waals surface area contributed by atoms with Gasteiger partial charge in [0.15, 0.2) is 5.82 Å². The van der Waals surface area contributed by atoms with Crippen molar-refractivity contribution in [2.45, 2.75) is 30.7 Å². The first kappa shape index (κ1) is 24.7. The fraction of sp³-hybridized carbons (Fsp3) is 0.462. The van der Waals surface area contributed by atoms with Gasteiger partial charge in [-0.2, -0.15) is 0 Å². The van der Waals surface area contributed by atoms with Crippen molar-refractivity contribution in [3.63, 3.8) is 0 Å². The highest BCUT2D eigenvalue weighted by Gasteiger charge is 2.24. The van der Waals surface area contributed by atoms with E-state index >= 15 is 0 Å². The molecule has 196 valence electrons. The fourth-order valence-corrected chi connectivity index (χ4v) is 7.21. The van der Waals surface area contributed by atoms with Crippen molar-refractivity contribution in [2.75, 3.05) is 58.4 Å². The summed E-state index contributed by atoms with van der Waals surface area (Å²) >= 11 is 1.72. The zero-order chi connectivity index (χ0) is 25.6. The monoisotopic (exact) mass is 540 g/mol. The smallest absolute Gasteiger partial charge is 0.242 e. The number of piperidine rings is 1. The van der Waals surface area contributed by atoms with Crippen LogP contribution in [0.2, 0.25) is 0 Å². The largest absolute Gasteiger partial charge is 0.378 e. The number of benzene rings is 1. The van der Waals surface area contributed by atoms with Gasteiger partial charge in [-0.3, -0.25) is 4.90 Å². The molecule has 9 nitrogen and oxygen atoms in total. The molecule has 6 rings (SSSR count). The number of rotatable bonds is 6. The van der Waals surface area contributed by atoms with E-state index in [2.05, 4.69) is 20.9 Å². The number of nitrogens with one attached hydrogen (secondary N) is 1. The van der Waals surface area contributed by atoms with Crippen LogP contribution in [-0.2, 0) is 21.3 Å². The van der Waals surface area contributed by atoms with Crippen LogP contribution in [-0.4, -0.2) is 86.1 Å². The number of aromatic amines is 1. The van der Waals surface area contributed by atoms with Crippen LogP contribution in [0.1, 0.15) is 24.1 Å². The Morgan fingerprint density at radius 2 is 1.81 bits per heavy atom. The average Bonchev–Trinajstić information content (AvgIpc) is 3.55. The Kier molecular flexibility index (Phi) is 6.66. The molecule has 0 saturated carbocycles. The fourth-order valence-electron chi connectivity index (χ4n) is 5.19. The predicted octanol–water partition coefficient (Wildman–Crippen LogP) is 3.91. The molecule has 1 aromatic carbocycles. The Morgan fingerprint density at radius 3 is 2.57 bits per heavy atom. The quantitative estimate of drug-likeness (QED) is 0.396. The lowest BCUT2D eigenvalue weighted by Gasteiger charge is -2.28. The third-order valence-corrected chi connectivity index (χ3v) is 10.0. The van der Waals surface area contributed by atoms with Crippen molar-refractivity contribution in [3.05, 3.63) is 35.3 Å². The summed E-state index contributed by atoms with van der Waals surface area (Å²) in [5.41, 5.74) is 1.45. The molecule has 0 unspecified atom stereocenters. The molecule has 0 spiro atoms. The lowest BCUT2D eigenvalue weighted by Crippen LogP contribution is -2.37. The maximum absolute atomic E-state index is 13.0. The summed E-state index contributed by atoms with van der Waals surface area (Å²) in [6, 6.07) is 7.59. The highest BCUT2D eigenvalue weighted by Crippen LogP contribution is 2.37. The molecule has 2 aliphatic heterocycles. The zero-order valence-corrected chi connectivity index (χ0v) is 22.9. The molecule has 4 aromatic rings. The Hall–Kier alpha value is -2.57. The second-order valence-electron chi connectivity index (χ2n) is 9.94. The van der Waals surface area contributed by atoms with Crippen LogP contribution in [0.4, 0.5) is 5.82 Å². The first-order valence-corrected chi connectivity index (χ1v) is 15.1. The van der Waals surface area contributed by atoms with Gasteiger partial charge in [-0.25, -0.2) is 22.7 Å². The van der Waals surface area contributed by atoms with Crippen LogP contribution in [0.15, 0.2) is 35.4 Å². The summed E-state index contributed by atoms with van der Waals surface area (Å²) in [6.07, 6.45) is 5.65. The molecule has 0 bridgehead atoms. The summed E-state index contributed by atoms with van der Waals surface area (Å²) in [5.74, 6) is 1.44. The predicted molar refractivity (Wildman–Crippen MR) is 148 cm³/mol. The number of hydrogen-bond donors (Lipinski definition) is 1. The van der Waals surface area contributed by atoms with E-state index in [0.29, 0.717) is 24.6 Å². The minimum Gasteiger partial charge on any atom is -0.378 e. The normalized spacial score (nSPS) is 17.9. The van der Waals surface area contributed by atoms with E-state index in [-0.39, 0.29) is 4.90 Å². The van der Waals surface area contributed by atoms with Crippen molar-refractivity contribution in [1.29, 1.82) is 0 Å². The maximum Gasteiger partial charge on any atom is 0.242 e. The average molecular weight is 541 g/mol. The highest BCUT2D eigenvalue weighted by molar-refractivity contribution is 7.89. The molecular formula is C26H32N6O3S2. The molecule has 2 aliphatic rings. The zero-order valence-electron chi connectivity index (χ0n) is 21.2. The van der Waals surface area contributed by atoms with E-state index in [0.717, 1.165) is 59.7 Å². The lowest BCUT2D eigenvalue weighted by molar-refractivity contribution is 0.122. The first-order chi connectivity index (χ1) is 17.9. The summed E-state index contributed by atoms with van der Waals surface area (Å²) in [4.78, 5) is 20.5. The highest BCUT2D eigenvalue weighted by atomic mass is 32.2. The number of anilines is 1. The topological polar surface area (TPSA) is 94.7 Å². The molecular weight excluding hydrogens is 508 g/mol. The van der Waals surface area contributed by atoms with Crippen LogP contribution in [0.3, 0.4) is 0 Å². The lowest BCUT2D eigenvalue weighted by atomic mass is 10.1. The van der Waals surface area contributed by atoms with Crippen molar-refractivity contribution in [1.82, 2.24) is 24.2 Å². The van der Waals surface area contributed by atoms with Gasteiger partial charge in [-0.15, -0.1) is 11.3 Å². The van der Waals surface area contributed by atoms with E-state index in [1.807, 2.05) is 12.3 Å². The Balaban J connectivity index is 1.51. The number of ether oxygens (including phenoxy) is 1. The maximum atomic E-state index is 13.0. The summed E-state index contributed by atoms with van der Waals surface area (Å²) < 4.78 is 32.9. The summed E-state index contributed by atoms with van der Waals surface area (Å²) in [7, 11) is -0.546. The molecule has 0 radical (unpaired) electrons. The third kappa shape index (κ3) is 4.74. The second-order valence-corrected chi connectivity index (χ2v) is 13.2. The number of thiophene rings is 1. The minimum absolute atomic E-state index is 0.219. The van der Waals surface area contributed by atoms with Crippen molar-refractivity contribution < 1.29 is 13.2 Å². The molecule has 3 aromatic heterocycles. The van der Waals surface area contributed by atoms with Crippen molar-refractivity contribution in [2.24, 2.45) is 0 Å². The molecule has 37 heavy (non-hydrogen) atoms. The number of fused-ring (bicyclic) bond motifs is 2. The summed E-state index contributed by atoms with van der Waals surface area (Å²) in [5, 5.41) is 1.96. The number of likely N-dealkylation sites (tertiary alicyclic amines) is 1. The van der Waals surface area contributed by atoms with Gasteiger partial charge in [-0.05, 0) is 50.2 Å². The number of nitrogens with zero attached hydrogens (tertiary/aromatic N) is 5. The van der Waals surface area contributed by atoms with Crippen LogP contribution in [0.5, 0.6) is 0 Å². The Labute approximate surface area is 221 Å². The van der Waals surface area contributed by atoms with Gasteiger partial charge in [0.2, 0.25) is 10.0 Å². The van der Waals surface area contributed by atoms with Crippen LogP contribution >= 0.6 is 11.3 Å². The van der Waals surface area contributed by atoms with Crippen LogP contribution in [0.25, 0.3) is 32.5 Å². The molecule has 5 heterocycles. The second kappa shape index (κ2) is 9.95. The minimum atomic E-state index is -3.63. The van der Waals surface area contributed by atoms with Crippen LogP contribution in [0, 0.1) is 0 Å². The molecule has 11 heteroatoms. The molecule has 0 amide bonds. The molecule has 2 fully saturated rings. The van der Waals surface area contributed by atoms with Gasteiger partial charge in [-0.1, -0.05) is 6.42 Å². The number of morpholine rings is 1. The Morgan fingerprint density at radius 1 is 1.03 bits per heavy atom. The van der Waals surface area contributed by atoms with Crippen molar-refractivity contribution >= 4 is 48.3 Å². The SMILES string of the molecule is CN(C)S(=O)(=O)c1cc(-c2nc(N3CCOCC3)c3cc(CN4CCCCC4)sc3n2)c2cc[nH]c2c1.